The Kier molecular flexibility index (Phi) is 3.49. The topological polar surface area (TPSA) is 12.5 Å². The summed E-state index contributed by atoms with van der Waals surface area (Å²) < 4.78 is 5.75. The molecule has 2 rings (SSSR count). The SMILES string of the molecule is CCc1cccc(N2CC(C)O[C@@H](C)C2)c1. The molecule has 1 aromatic rings. The first-order valence-electron chi connectivity index (χ1n) is 6.18. The number of nitrogens with zero attached hydrogens (tertiary/aromatic N) is 1. The van der Waals surface area contributed by atoms with Crippen molar-refractivity contribution >= 4 is 5.69 Å². The minimum Gasteiger partial charge on any atom is -0.372 e. The fourth-order valence-corrected chi connectivity index (χ4v) is 2.36. The van der Waals surface area contributed by atoms with Crippen LogP contribution in [-0.4, -0.2) is 25.3 Å². The molecule has 1 heterocycles. The zero-order chi connectivity index (χ0) is 11.5. The molecule has 0 aromatic heterocycles. The predicted molar refractivity (Wildman–Crippen MR) is 68.0 cm³/mol. The fourth-order valence-electron chi connectivity index (χ4n) is 2.36. The van der Waals surface area contributed by atoms with E-state index in [1.165, 1.54) is 11.3 Å². The standard InChI is InChI=1S/C14H21NO/c1-4-13-6-5-7-14(8-13)15-9-11(2)16-12(3)10-15/h5-8,11-12H,4,9-10H2,1-3H3/t11-,12?/m0/s1. The molecule has 0 radical (unpaired) electrons. The van der Waals surface area contributed by atoms with Gasteiger partial charge in [-0.2, -0.15) is 0 Å². The van der Waals surface area contributed by atoms with Gasteiger partial charge in [0.05, 0.1) is 12.2 Å². The molecule has 1 aliphatic heterocycles. The average Bonchev–Trinajstić information content (AvgIpc) is 2.28. The van der Waals surface area contributed by atoms with Crippen LogP contribution in [0.3, 0.4) is 0 Å². The molecule has 1 unspecified atom stereocenters. The molecule has 0 saturated carbocycles. The van der Waals surface area contributed by atoms with Gasteiger partial charge in [0.2, 0.25) is 0 Å². The highest BCUT2D eigenvalue weighted by Crippen LogP contribution is 2.21. The van der Waals surface area contributed by atoms with Crippen molar-refractivity contribution in [3.8, 4) is 0 Å². The van der Waals surface area contributed by atoms with Crippen molar-refractivity contribution in [2.75, 3.05) is 18.0 Å². The van der Waals surface area contributed by atoms with Gasteiger partial charge in [0.15, 0.2) is 0 Å². The van der Waals surface area contributed by atoms with Gasteiger partial charge in [0, 0.05) is 18.8 Å². The summed E-state index contributed by atoms with van der Waals surface area (Å²) in [4.78, 5) is 2.43. The molecule has 0 bridgehead atoms. The van der Waals surface area contributed by atoms with E-state index in [1.54, 1.807) is 0 Å². The normalized spacial score (nSPS) is 25.8. The fraction of sp³-hybridized carbons (Fsp3) is 0.571. The summed E-state index contributed by atoms with van der Waals surface area (Å²) in [6, 6.07) is 8.84. The number of hydrogen-bond donors (Lipinski definition) is 0. The minimum atomic E-state index is 0.328. The van der Waals surface area contributed by atoms with Crippen molar-refractivity contribution in [2.45, 2.75) is 39.4 Å². The molecule has 1 fully saturated rings. The van der Waals surface area contributed by atoms with Crippen molar-refractivity contribution in [3.05, 3.63) is 29.8 Å². The summed E-state index contributed by atoms with van der Waals surface area (Å²) in [7, 11) is 0. The third kappa shape index (κ3) is 2.56. The molecule has 2 atom stereocenters. The van der Waals surface area contributed by atoms with Crippen molar-refractivity contribution in [3.63, 3.8) is 0 Å². The van der Waals surface area contributed by atoms with Crippen LogP contribution in [0.25, 0.3) is 0 Å². The van der Waals surface area contributed by atoms with Crippen LogP contribution in [0, 0.1) is 0 Å². The van der Waals surface area contributed by atoms with Crippen molar-refractivity contribution in [2.24, 2.45) is 0 Å². The number of rotatable bonds is 2. The van der Waals surface area contributed by atoms with E-state index in [9.17, 15) is 0 Å². The number of morpholine rings is 1. The molecule has 0 aliphatic carbocycles. The summed E-state index contributed by atoms with van der Waals surface area (Å²) in [6.07, 6.45) is 1.76. The quantitative estimate of drug-likeness (QED) is 0.758. The number of benzene rings is 1. The second-order valence-corrected chi connectivity index (χ2v) is 4.69. The summed E-state index contributed by atoms with van der Waals surface area (Å²) in [5.74, 6) is 0. The largest absolute Gasteiger partial charge is 0.372 e. The highest BCUT2D eigenvalue weighted by Gasteiger charge is 2.22. The van der Waals surface area contributed by atoms with Gasteiger partial charge in [-0.25, -0.2) is 0 Å². The Morgan fingerprint density at radius 3 is 2.56 bits per heavy atom. The maximum absolute atomic E-state index is 5.75. The first-order chi connectivity index (χ1) is 7.69. The Hall–Kier alpha value is -1.02. The third-order valence-corrected chi connectivity index (χ3v) is 3.10. The summed E-state index contributed by atoms with van der Waals surface area (Å²) in [5.41, 5.74) is 2.74. The molecule has 1 aromatic carbocycles. The smallest absolute Gasteiger partial charge is 0.0726 e. The van der Waals surface area contributed by atoms with Gasteiger partial charge in [-0.1, -0.05) is 19.1 Å². The van der Waals surface area contributed by atoms with Crippen LogP contribution in [0.2, 0.25) is 0 Å². The zero-order valence-corrected chi connectivity index (χ0v) is 10.4. The summed E-state index contributed by atoms with van der Waals surface area (Å²) in [6.45, 7) is 8.48. The number of hydrogen-bond acceptors (Lipinski definition) is 2. The molecule has 2 heteroatoms. The maximum Gasteiger partial charge on any atom is 0.0726 e. The first kappa shape index (κ1) is 11.5. The second-order valence-electron chi connectivity index (χ2n) is 4.69. The molecule has 88 valence electrons. The van der Waals surface area contributed by atoms with Crippen LogP contribution in [0.15, 0.2) is 24.3 Å². The molecule has 0 amide bonds. The van der Waals surface area contributed by atoms with E-state index >= 15 is 0 Å². The second kappa shape index (κ2) is 4.88. The zero-order valence-electron chi connectivity index (χ0n) is 10.4. The van der Waals surface area contributed by atoms with E-state index in [-0.39, 0.29) is 0 Å². The highest BCUT2D eigenvalue weighted by molar-refractivity contribution is 5.49. The van der Waals surface area contributed by atoms with Crippen molar-refractivity contribution < 1.29 is 4.74 Å². The van der Waals surface area contributed by atoms with Gasteiger partial charge in [-0.15, -0.1) is 0 Å². The minimum absolute atomic E-state index is 0.328. The lowest BCUT2D eigenvalue weighted by atomic mass is 10.1. The van der Waals surface area contributed by atoms with Crippen LogP contribution in [0.1, 0.15) is 26.3 Å². The van der Waals surface area contributed by atoms with Crippen molar-refractivity contribution in [1.82, 2.24) is 0 Å². The van der Waals surface area contributed by atoms with E-state index in [0.29, 0.717) is 12.2 Å². The number of anilines is 1. The number of ether oxygens (including phenoxy) is 1. The Morgan fingerprint density at radius 1 is 1.25 bits per heavy atom. The van der Waals surface area contributed by atoms with E-state index < -0.39 is 0 Å². The monoisotopic (exact) mass is 219 g/mol. The summed E-state index contributed by atoms with van der Waals surface area (Å²) in [5, 5.41) is 0. The lowest BCUT2D eigenvalue weighted by Crippen LogP contribution is -2.45. The van der Waals surface area contributed by atoms with Gasteiger partial charge in [0.1, 0.15) is 0 Å². The van der Waals surface area contributed by atoms with Gasteiger partial charge >= 0.3 is 0 Å². The third-order valence-electron chi connectivity index (χ3n) is 3.10. The Bertz CT molecular complexity index is 340. The van der Waals surface area contributed by atoms with E-state index in [1.807, 2.05) is 0 Å². The summed E-state index contributed by atoms with van der Waals surface area (Å²) >= 11 is 0. The maximum atomic E-state index is 5.75. The van der Waals surface area contributed by atoms with Crippen LogP contribution in [0.5, 0.6) is 0 Å². The number of aryl methyl sites for hydroxylation is 1. The lowest BCUT2D eigenvalue weighted by Gasteiger charge is -2.37. The highest BCUT2D eigenvalue weighted by atomic mass is 16.5. The molecular formula is C14H21NO. The molecular weight excluding hydrogens is 198 g/mol. The van der Waals surface area contributed by atoms with Gasteiger partial charge < -0.3 is 9.64 Å². The molecule has 0 spiro atoms. The van der Waals surface area contributed by atoms with E-state index in [0.717, 1.165) is 19.5 Å². The van der Waals surface area contributed by atoms with Crippen LogP contribution < -0.4 is 4.90 Å². The Labute approximate surface area is 98.2 Å². The average molecular weight is 219 g/mol. The first-order valence-corrected chi connectivity index (χ1v) is 6.18. The molecule has 1 aliphatic rings. The van der Waals surface area contributed by atoms with Crippen LogP contribution in [-0.2, 0) is 11.2 Å². The molecule has 2 nitrogen and oxygen atoms in total. The van der Waals surface area contributed by atoms with Gasteiger partial charge in [0.25, 0.3) is 0 Å². The molecule has 0 N–H and O–H groups in total. The van der Waals surface area contributed by atoms with E-state index in [4.69, 9.17) is 4.74 Å². The Balaban J connectivity index is 2.16. The lowest BCUT2D eigenvalue weighted by molar-refractivity contribution is -0.00522. The molecule has 16 heavy (non-hydrogen) atoms. The van der Waals surface area contributed by atoms with Crippen molar-refractivity contribution in [1.29, 1.82) is 0 Å². The predicted octanol–water partition coefficient (Wildman–Crippen LogP) is 2.86. The molecule has 1 saturated heterocycles. The van der Waals surface area contributed by atoms with Gasteiger partial charge in [-0.05, 0) is 38.0 Å². The van der Waals surface area contributed by atoms with Gasteiger partial charge in [-0.3, -0.25) is 0 Å². The van der Waals surface area contributed by atoms with E-state index in [2.05, 4.69) is 49.9 Å². The Morgan fingerprint density at radius 2 is 1.94 bits per heavy atom. The van der Waals surface area contributed by atoms with Crippen LogP contribution >= 0.6 is 0 Å². The van der Waals surface area contributed by atoms with Crippen LogP contribution in [0.4, 0.5) is 5.69 Å².